The Morgan fingerprint density at radius 1 is 1.30 bits per heavy atom. The van der Waals surface area contributed by atoms with Crippen LogP contribution < -0.4 is 5.30 Å². The average Bonchev–Trinajstić information content (AvgIpc) is 2.81. The normalized spacial score (nSPS) is 10.9. The summed E-state index contributed by atoms with van der Waals surface area (Å²) in [5, 5.41) is 1.60. The minimum atomic E-state index is 0.533. The van der Waals surface area contributed by atoms with Crippen molar-refractivity contribution in [1.29, 1.82) is 0 Å². The lowest BCUT2D eigenvalue weighted by Crippen LogP contribution is -2.03. The van der Waals surface area contributed by atoms with Crippen molar-refractivity contribution in [2.75, 3.05) is 0 Å². The molecule has 1 unspecified atom stereocenters. The third kappa shape index (κ3) is 2.33. The molecule has 6 heteroatoms. The van der Waals surface area contributed by atoms with Gasteiger partial charge in [0.25, 0.3) is 0 Å². The Bertz CT molecular complexity index is 783. The smallest absolute Gasteiger partial charge is 0.153 e. The quantitative estimate of drug-likeness (QED) is 0.551. The highest BCUT2D eigenvalue weighted by Crippen LogP contribution is 2.25. The summed E-state index contributed by atoms with van der Waals surface area (Å²) in [6, 6.07) is 5.63. The van der Waals surface area contributed by atoms with E-state index in [4.69, 9.17) is 11.6 Å². The van der Waals surface area contributed by atoms with Gasteiger partial charge < -0.3 is 4.57 Å². The van der Waals surface area contributed by atoms with Crippen LogP contribution in [0.3, 0.4) is 0 Å². The second-order valence-electron chi connectivity index (χ2n) is 4.40. The van der Waals surface area contributed by atoms with Crippen molar-refractivity contribution in [2.24, 2.45) is 0 Å². The third-order valence-electron chi connectivity index (χ3n) is 3.04. The van der Waals surface area contributed by atoms with Gasteiger partial charge in [0.05, 0.1) is 28.3 Å². The molecule has 4 nitrogen and oxygen atoms in total. The molecule has 0 saturated heterocycles. The number of carbonyl (C=O) groups is 1. The van der Waals surface area contributed by atoms with E-state index in [1.165, 1.54) is 0 Å². The zero-order valence-electron chi connectivity index (χ0n) is 10.5. The maximum atomic E-state index is 11.1. The van der Waals surface area contributed by atoms with Gasteiger partial charge in [-0.3, -0.25) is 14.8 Å². The van der Waals surface area contributed by atoms with Gasteiger partial charge in [-0.05, 0) is 17.4 Å². The van der Waals surface area contributed by atoms with E-state index in [0.717, 1.165) is 22.8 Å². The SMILES string of the molecule is O=Cc1cn(Cc2ccc(P)cn2)c2c(Cl)ccnc12. The van der Waals surface area contributed by atoms with E-state index in [-0.39, 0.29) is 0 Å². The number of rotatable bonds is 3. The van der Waals surface area contributed by atoms with Gasteiger partial charge in [0, 0.05) is 18.6 Å². The van der Waals surface area contributed by atoms with Crippen molar-refractivity contribution in [3.8, 4) is 0 Å². The van der Waals surface area contributed by atoms with E-state index in [0.29, 0.717) is 22.6 Å². The molecule has 3 rings (SSSR count). The van der Waals surface area contributed by atoms with E-state index >= 15 is 0 Å². The number of aromatic nitrogens is 3. The topological polar surface area (TPSA) is 47.8 Å². The van der Waals surface area contributed by atoms with Crippen LogP contribution in [0.15, 0.2) is 36.8 Å². The second kappa shape index (κ2) is 5.31. The molecule has 0 saturated carbocycles. The summed E-state index contributed by atoms with van der Waals surface area (Å²) < 4.78 is 1.90. The number of carbonyl (C=O) groups excluding carboxylic acids is 1. The highest BCUT2D eigenvalue weighted by molar-refractivity contribution is 7.27. The lowest BCUT2D eigenvalue weighted by molar-refractivity contribution is 0.112. The molecule has 0 aliphatic carbocycles. The summed E-state index contributed by atoms with van der Waals surface area (Å²) >= 11 is 6.22. The predicted octanol–water partition coefficient (Wildman–Crippen LogP) is 2.45. The first-order valence-electron chi connectivity index (χ1n) is 5.98. The van der Waals surface area contributed by atoms with Crippen LogP contribution in [0, 0.1) is 0 Å². The van der Waals surface area contributed by atoms with Gasteiger partial charge in [0.1, 0.15) is 5.52 Å². The Kier molecular flexibility index (Phi) is 3.51. The minimum Gasteiger partial charge on any atom is -0.338 e. The lowest BCUT2D eigenvalue weighted by Gasteiger charge is -2.06. The number of aldehydes is 1. The maximum Gasteiger partial charge on any atom is 0.153 e. The van der Waals surface area contributed by atoms with Crippen LogP contribution in [-0.4, -0.2) is 20.8 Å². The standard InChI is InChI=1S/C14H11ClN3OP/c15-12-3-4-16-13-9(8-19)6-18(14(12)13)7-10-1-2-11(20)5-17-10/h1-6,8H,7,20H2. The van der Waals surface area contributed by atoms with Crippen molar-refractivity contribution in [3.05, 3.63) is 53.1 Å². The maximum absolute atomic E-state index is 11.1. The molecular weight excluding hydrogens is 293 g/mol. The molecule has 0 amide bonds. The van der Waals surface area contributed by atoms with Crippen molar-refractivity contribution >= 4 is 43.5 Å². The Morgan fingerprint density at radius 3 is 2.85 bits per heavy atom. The number of pyridine rings is 2. The number of halogens is 1. The van der Waals surface area contributed by atoms with Gasteiger partial charge in [-0.15, -0.1) is 9.24 Å². The molecule has 0 bridgehead atoms. The van der Waals surface area contributed by atoms with Crippen LogP contribution in [0.5, 0.6) is 0 Å². The fourth-order valence-electron chi connectivity index (χ4n) is 2.12. The van der Waals surface area contributed by atoms with Crippen LogP contribution in [0.4, 0.5) is 0 Å². The Balaban J connectivity index is 2.11. The highest BCUT2D eigenvalue weighted by atomic mass is 35.5. The molecule has 0 N–H and O–H groups in total. The van der Waals surface area contributed by atoms with Crippen LogP contribution >= 0.6 is 20.8 Å². The molecule has 3 heterocycles. The molecule has 0 aliphatic heterocycles. The number of hydrogen-bond acceptors (Lipinski definition) is 3. The zero-order valence-corrected chi connectivity index (χ0v) is 12.4. The molecular formula is C14H11ClN3OP. The van der Waals surface area contributed by atoms with Gasteiger partial charge in [0.15, 0.2) is 6.29 Å². The van der Waals surface area contributed by atoms with Crippen molar-refractivity contribution in [1.82, 2.24) is 14.5 Å². The van der Waals surface area contributed by atoms with Crippen LogP contribution in [0.1, 0.15) is 16.1 Å². The molecule has 0 aliphatic rings. The first kappa shape index (κ1) is 13.2. The summed E-state index contributed by atoms with van der Waals surface area (Å²) in [7, 11) is 2.60. The highest BCUT2D eigenvalue weighted by Gasteiger charge is 2.12. The van der Waals surface area contributed by atoms with Gasteiger partial charge in [-0.25, -0.2) is 0 Å². The van der Waals surface area contributed by atoms with E-state index in [1.54, 1.807) is 24.7 Å². The first-order valence-corrected chi connectivity index (χ1v) is 6.93. The van der Waals surface area contributed by atoms with Crippen molar-refractivity contribution < 1.29 is 4.79 Å². The van der Waals surface area contributed by atoms with Crippen molar-refractivity contribution in [2.45, 2.75) is 6.54 Å². The van der Waals surface area contributed by atoms with Gasteiger partial charge in [-0.2, -0.15) is 0 Å². The molecule has 0 radical (unpaired) electrons. The van der Waals surface area contributed by atoms with E-state index in [1.807, 2.05) is 16.7 Å². The van der Waals surface area contributed by atoms with Crippen LogP contribution in [0.2, 0.25) is 5.02 Å². The molecule has 0 fully saturated rings. The van der Waals surface area contributed by atoms with Crippen molar-refractivity contribution in [3.63, 3.8) is 0 Å². The van der Waals surface area contributed by atoms with E-state index in [9.17, 15) is 4.79 Å². The first-order chi connectivity index (χ1) is 9.69. The Labute approximate surface area is 123 Å². The number of hydrogen-bond donors (Lipinski definition) is 0. The summed E-state index contributed by atoms with van der Waals surface area (Å²) in [5.74, 6) is 0. The summed E-state index contributed by atoms with van der Waals surface area (Å²) in [6.45, 7) is 0.542. The average molecular weight is 304 g/mol. The second-order valence-corrected chi connectivity index (χ2v) is 5.48. The zero-order chi connectivity index (χ0) is 14.1. The van der Waals surface area contributed by atoms with Gasteiger partial charge >= 0.3 is 0 Å². The third-order valence-corrected chi connectivity index (χ3v) is 3.68. The lowest BCUT2D eigenvalue weighted by atomic mass is 10.3. The van der Waals surface area contributed by atoms with Crippen LogP contribution in [0.25, 0.3) is 11.0 Å². The summed E-state index contributed by atoms with van der Waals surface area (Å²) in [5.41, 5.74) is 2.80. The number of fused-ring (bicyclic) bond motifs is 1. The fraction of sp³-hybridized carbons (Fsp3) is 0.0714. The molecule has 0 spiro atoms. The van der Waals surface area contributed by atoms with E-state index in [2.05, 4.69) is 19.2 Å². The monoisotopic (exact) mass is 303 g/mol. The molecule has 1 atom stereocenters. The van der Waals surface area contributed by atoms with Gasteiger partial charge in [0.2, 0.25) is 0 Å². The van der Waals surface area contributed by atoms with Gasteiger partial charge in [-0.1, -0.05) is 17.7 Å². The molecule has 100 valence electrons. The molecule has 3 aromatic rings. The fourth-order valence-corrected chi connectivity index (χ4v) is 2.55. The molecule has 0 aromatic carbocycles. The summed E-state index contributed by atoms with van der Waals surface area (Å²) in [6.07, 6.45) is 5.93. The largest absolute Gasteiger partial charge is 0.338 e. The predicted molar refractivity (Wildman–Crippen MR) is 82.8 cm³/mol. The van der Waals surface area contributed by atoms with Crippen LogP contribution in [-0.2, 0) is 6.54 Å². The number of nitrogens with zero attached hydrogens (tertiary/aromatic N) is 3. The Hall–Kier alpha value is -1.77. The van der Waals surface area contributed by atoms with E-state index < -0.39 is 0 Å². The Morgan fingerprint density at radius 2 is 2.15 bits per heavy atom. The summed E-state index contributed by atoms with van der Waals surface area (Å²) in [4.78, 5) is 19.7. The minimum absolute atomic E-state index is 0.533. The molecule has 3 aromatic heterocycles. The molecule has 20 heavy (non-hydrogen) atoms.